The number of carbonyl (C=O) groups is 1. The van der Waals surface area contributed by atoms with E-state index in [2.05, 4.69) is 42.4 Å². The number of ether oxygens (including phenoxy) is 1. The van der Waals surface area contributed by atoms with Crippen molar-refractivity contribution in [2.24, 2.45) is 5.10 Å². The third-order valence-electron chi connectivity index (χ3n) is 3.66. The zero-order valence-corrected chi connectivity index (χ0v) is 17.4. The molecular formula is C21H16Br2N2O2. The van der Waals surface area contributed by atoms with Gasteiger partial charge in [-0.05, 0) is 48.0 Å². The van der Waals surface area contributed by atoms with Gasteiger partial charge >= 0.3 is 0 Å². The Morgan fingerprint density at radius 1 is 0.963 bits per heavy atom. The first-order chi connectivity index (χ1) is 13.1. The number of carbonyl (C=O) groups excluding carboxylic acids is 1. The lowest BCUT2D eigenvalue weighted by Crippen LogP contribution is -2.17. The van der Waals surface area contributed by atoms with E-state index in [9.17, 15) is 4.79 Å². The van der Waals surface area contributed by atoms with Crippen molar-refractivity contribution in [3.8, 4) is 5.75 Å². The number of hydrogen-bond acceptors (Lipinski definition) is 3. The average molecular weight is 488 g/mol. The summed E-state index contributed by atoms with van der Waals surface area (Å²) in [6.07, 6.45) is 1.58. The van der Waals surface area contributed by atoms with Crippen LogP contribution < -0.4 is 10.2 Å². The number of amides is 1. The van der Waals surface area contributed by atoms with E-state index in [1.54, 1.807) is 24.4 Å². The predicted molar refractivity (Wildman–Crippen MR) is 114 cm³/mol. The van der Waals surface area contributed by atoms with Crippen LogP contribution in [0, 0.1) is 0 Å². The van der Waals surface area contributed by atoms with E-state index in [1.165, 1.54) is 0 Å². The maximum absolute atomic E-state index is 12.1. The highest BCUT2D eigenvalue weighted by atomic mass is 79.9. The Hall–Kier alpha value is -2.44. The normalized spacial score (nSPS) is 10.7. The van der Waals surface area contributed by atoms with Crippen LogP contribution >= 0.6 is 31.9 Å². The lowest BCUT2D eigenvalue weighted by atomic mass is 10.2. The van der Waals surface area contributed by atoms with Crippen LogP contribution in [-0.4, -0.2) is 12.1 Å². The van der Waals surface area contributed by atoms with E-state index in [-0.39, 0.29) is 5.91 Å². The molecule has 0 heterocycles. The average Bonchev–Trinajstić information content (AvgIpc) is 2.67. The molecule has 1 N–H and O–H groups in total. The van der Waals surface area contributed by atoms with Crippen LogP contribution in [0.15, 0.2) is 86.8 Å². The number of hydrogen-bond donors (Lipinski definition) is 1. The summed E-state index contributed by atoms with van der Waals surface area (Å²) in [6, 6.07) is 22.6. The highest BCUT2D eigenvalue weighted by molar-refractivity contribution is 9.10. The molecule has 6 heteroatoms. The first-order valence-corrected chi connectivity index (χ1v) is 9.76. The molecule has 0 unspecified atom stereocenters. The Bertz CT molecular complexity index is 974. The molecule has 0 aliphatic heterocycles. The van der Waals surface area contributed by atoms with Gasteiger partial charge in [0.15, 0.2) is 0 Å². The van der Waals surface area contributed by atoms with Crippen molar-refractivity contribution in [3.05, 3.63) is 98.4 Å². The molecule has 0 atom stereocenters. The maximum Gasteiger partial charge on any atom is 0.271 e. The number of benzene rings is 3. The van der Waals surface area contributed by atoms with Gasteiger partial charge in [-0.15, -0.1) is 0 Å². The smallest absolute Gasteiger partial charge is 0.271 e. The molecule has 0 spiro atoms. The van der Waals surface area contributed by atoms with Crippen LogP contribution in [0.5, 0.6) is 5.75 Å². The topological polar surface area (TPSA) is 50.7 Å². The number of nitrogens with zero attached hydrogens (tertiary/aromatic N) is 1. The van der Waals surface area contributed by atoms with Crippen LogP contribution in [-0.2, 0) is 6.61 Å². The maximum atomic E-state index is 12.1. The largest absolute Gasteiger partial charge is 0.488 e. The Morgan fingerprint density at radius 2 is 1.70 bits per heavy atom. The molecule has 0 radical (unpaired) electrons. The third kappa shape index (κ3) is 5.77. The molecule has 4 nitrogen and oxygen atoms in total. The molecule has 0 aliphatic carbocycles. The molecular weight excluding hydrogens is 472 g/mol. The predicted octanol–water partition coefficient (Wildman–Crippen LogP) is 5.55. The molecule has 27 heavy (non-hydrogen) atoms. The Morgan fingerprint density at radius 3 is 2.48 bits per heavy atom. The van der Waals surface area contributed by atoms with Gasteiger partial charge in [-0.3, -0.25) is 4.79 Å². The molecule has 136 valence electrons. The summed E-state index contributed by atoms with van der Waals surface area (Å²) in [4.78, 5) is 12.1. The highest BCUT2D eigenvalue weighted by Crippen LogP contribution is 2.19. The fraction of sp³-hybridized carbons (Fsp3) is 0.0476. The highest BCUT2D eigenvalue weighted by Gasteiger charge is 2.05. The van der Waals surface area contributed by atoms with E-state index in [0.717, 1.165) is 20.1 Å². The summed E-state index contributed by atoms with van der Waals surface area (Å²) >= 11 is 6.80. The minimum Gasteiger partial charge on any atom is -0.488 e. The van der Waals surface area contributed by atoms with E-state index >= 15 is 0 Å². The zero-order chi connectivity index (χ0) is 19.1. The number of nitrogens with one attached hydrogen (secondary N) is 1. The number of para-hydroxylation sites is 1. The molecule has 0 aromatic heterocycles. The van der Waals surface area contributed by atoms with Gasteiger partial charge in [-0.25, -0.2) is 5.43 Å². The molecule has 0 saturated carbocycles. The SMILES string of the molecule is O=C(NN=Cc1ccccc1OCc1cccc(Br)c1)c1cccc(Br)c1. The van der Waals surface area contributed by atoms with Crippen molar-refractivity contribution in [1.82, 2.24) is 5.43 Å². The second-order valence-electron chi connectivity index (χ2n) is 5.67. The van der Waals surface area contributed by atoms with Crippen molar-refractivity contribution in [1.29, 1.82) is 0 Å². The Kier molecular flexibility index (Phi) is 6.79. The minimum absolute atomic E-state index is 0.278. The summed E-state index contributed by atoms with van der Waals surface area (Å²) < 4.78 is 7.75. The lowest BCUT2D eigenvalue weighted by molar-refractivity contribution is 0.0955. The van der Waals surface area contributed by atoms with Crippen LogP contribution in [0.1, 0.15) is 21.5 Å². The van der Waals surface area contributed by atoms with Crippen molar-refractivity contribution in [2.45, 2.75) is 6.61 Å². The van der Waals surface area contributed by atoms with Crippen molar-refractivity contribution >= 4 is 44.0 Å². The number of rotatable bonds is 6. The molecule has 0 aliphatic rings. The number of hydrazone groups is 1. The fourth-order valence-electron chi connectivity index (χ4n) is 2.36. The zero-order valence-electron chi connectivity index (χ0n) is 14.2. The van der Waals surface area contributed by atoms with Gasteiger partial charge in [0.25, 0.3) is 5.91 Å². The van der Waals surface area contributed by atoms with Gasteiger partial charge in [0.2, 0.25) is 0 Å². The molecule has 3 rings (SSSR count). The standard InChI is InChI=1S/C21H16Br2N2O2/c22-18-8-3-5-15(11-18)14-27-20-10-2-1-6-17(20)13-24-25-21(26)16-7-4-9-19(23)12-16/h1-13H,14H2,(H,25,26). The molecule has 1 amide bonds. The lowest BCUT2D eigenvalue weighted by Gasteiger charge is -2.09. The fourth-order valence-corrected chi connectivity index (χ4v) is 3.21. The van der Waals surface area contributed by atoms with Gasteiger partial charge in [0, 0.05) is 20.1 Å². The van der Waals surface area contributed by atoms with E-state index in [4.69, 9.17) is 4.74 Å². The summed E-state index contributed by atoms with van der Waals surface area (Å²) in [5.74, 6) is 0.415. The van der Waals surface area contributed by atoms with E-state index < -0.39 is 0 Å². The van der Waals surface area contributed by atoms with Crippen LogP contribution in [0.25, 0.3) is 0 Å². The quantitative estimate of drug-likeness (QED) is 0.365. The summed E-state index contributed by atoms with van der Waals surface area (Å²) in [5, 5.41) is 4.05. The monoisotopic (exact) mass is 486 g/mol. The minimum atomic E-state index is -0.278. The van der Waals surface area contributed by atoms with Crippen molar-refractivity contribution in [3.63, 3.8) is 0 Å². The summed E-state index contributed by atoms with van der Waals surface area (Å²) in [5.41, 5.74) is 4.89. The third-order valence-corrected chi connectivity index (χ3v) is 4.65. The molecule has 3 aromatic carbocycles. The first kappa shape index (κ1) is 19.3. The second kappa shape index (κ2) is 9.48. The number of halogens is 2. The van der Waals surface area contributed by atoms with Gasteiger partial charge in [0.1, 0.15) is 12.4 Å². The molecule has 0 saturated heterocycles. The summed E-state index contributed by atoms with van der Waals surface area (Å²) in [6.45, 7) is 0.439. The van der Waals surface area contributed by atoms with Crippen molar-refractivity contribution < 1.29 is 9.53 Å². The van der Waals surface area contributed by atoms with Crippen LogP contribution in [0.3, 0.4) is 0 Å². The van der Waals surface area contributed by atoms with Crippen molar-refractivity contribution in [2.75, 3.05) is 0 Å². The summed E-state index contributed by atoms with van der Waals surface area (Å²) in [7, 11) is 0. The molecule has 3 aromatic rings. The molecule has 0 fully saturated rings. The second-order valence-corrected chi connectivity index (χ2v) is 7.50. The van der Waals surface area contributed by atoms with Gasteiger partial charge in [-0.1, -0.05) is 62.2 Å². The Labute approximate surface area is 174 Å². The van der Waals surface area contributed by atoms with E-state index in [0.29, 0.717) is 17.9 Å². The van der Waals surface area contributed by atoms with Crippen LogP contribution in [0.2, 0.25) is 0 Å². The first-order valence-electron chi connectivity index (χ1n) is 8.17. The Balaban J connectivity index is 1.65. The van der Waals surface area contributed by atoms with Gasteiger partial charge in [-0.2, -0.15) is 5.10 Å². The van der Waals surface area contributed by atoms with E-state index in [1.807, 2.05) is 54.6 Å². The molecule has 0 bridgehead atoms. The van der Waals surface area contributed by atoms with Crippen LogP contribution in [0.4, 0.5) is 0 Å². The van der Waals surface area contributed by atoms with Gasteiger partial charge in [0.05, 0.1) is 6.21 Å². The van der Waals surface area contributed by atoms with Gasteiger partial charge < -0.3 is 4.74 Å².